The van der Waals surface area contributed by atoms with Crippen LogP contribution in [0.25, 0.3) is 0 Å². The Morgan fingerprint density at radius 1 is 1.38 bits per heavy atom. The van der Waals surface area contributed by atoms with Gasteiger partial charge in [0.25, 0.3) is 0 Å². The molecule has 2 heterocycles. The van der Waals surface area contributed by atoms with Crippen molar-refractivity contribution in [3.05, 3.63) is 11.7 Å². The summed E-state index contributed by atoms with van der Waals surface area (Å²) in [6, 6.07) is 0. The van der Waals surface area contributed by atoms with Gasteiger partial charge in [-0.3, -0.25) is 0 Å². The van der Waals surface area contributed by atoms with Gasteiger partial charge in [-0.05, 0) is 38.3 Å². The van der Waals surface area contributed by atoms with E-state index in [0.717, 1.165) is 37.1 Å². The molecule has 90 valence electrons. The second kappa shape index (κ2) is 5.43. The zero-order valence-corrected chi connectivity index (χ0v) is 10.2. The van der Waals surface area contributed by atoms with E-state index in [4.69, 9.17) is 4.52 Å². The van der Waals surface area contributed by atoms with Gasteiger partial charge in [-0.25, -0.2) is 0 Å². The number of nitrogens with one attached hydrogen (secondary N) is 1. The van der Waals surface area contributed by atoms with Gasteiger partial charge in [-0.2, -0.15) is 4.98 Å². The van der Waals surface area contributed by atoms with Gasteiger partial charge < -0.3 is 9.84 Å². The Labute approximate surface area is 96.8 Å². The van der Waals surface area contributed by atoms with Crippen molar-refractivity contribution in [3.8, 4) is 0 Å². The van der Waals surface area contributed by atoms with Crippen molar-refractivity contribution in [3.63, 3.8) is 0 Å². The lowest BCUT2D eigenvalue weighted by molar-refractivity contribution is 0.322. The maximum Gasteiger partial charge on any atom is 0.226 e. The summed E-state index contributed by atoms with van der Waals surface area (Å²) in [4.78, 5) is 4.40. The Kier molecular flexibility index (Phi) is 3.93. The topological polar surface area (TPSA) is 51.0 Å². The lowest BCUT2D eigenvalue weighted by Crippen LogP contribution is -2.27. The Bertz CT molecular complexity index is 316. The highest BCUT2D eigenvalue weighted by atomic mass is 16.5. The second-order valence-electron chi connectivity index (χ2n) is 4.93. The predicted octanol–water partition coefficient (Wildman–Crippen LogP) is 2.13. The molecule has 0 aliphatic carbocycles. The van der Waals surface area contributed by atoms with Crippen LogP contribution in [0.3, 0.4) is 0 Å². The summed E-state index contributed by atoms with van der Waals surface area (Å²) in [5.41, 5.74) is 0. The molecule has 0 aromatic carbocycles. The fraction of sp³-hybridized carbons (Fsp3) is 0.833. The van der Waals surface area contributed by atoms with Crippen molar-refractivity contribution in [2.75, 3.05) is 13.1 Å². The molecule has 0 radical (unpaired) electrons. The minimum Gasteiger partial charge on any atom is -0.339 e. The van der Waals surface area contributed by atoms with Gasteiger partial charge in [0.15, 0.2) is 5.82 Å². The monoisotopic (exact) mass is 223 g/mol. The standard InChI is InChI=1S/C12H21N3O/c1-9(2)12-14-11(16-15-12)4-3-10-5-7-13-8-6-10/h9-10,13H,3-8H2,1-2H3. The van der Waals surface area contributed by atoms with E-state index in [-0.39, 0.29) is 0 Å². The third-order valence-corrected chi connectivity index (χ3v) is 3.23. The molecule has 1 aromatic rings. The number of piperidine rings is 1. The molecule has 1 N–H and O–H groups in total. The zero-order valence-electron chi connectivity index (χ0n) is 10.2. The molecular formula is C12H21N3O. The van der Waals surface area contributed by atoms with Crippen LogP contribution in [0.5, 0.6) is 0 Å². The Morgan fingerprint density at radius 3 is 2.75 bits per heavy atom. The highest BCUT2D eigenvalue weighted by Gasteiger charge is 2.15. The second-order valence-corrected chi connectivity index (χ2v) is 4.93. The first-order chi connectivity index (χ1) is 7.75. The molecule has 0 atom stereocenters. The van der Waals surface area contributed by atoms with E-state index < -0.39 is 0 Å². The van der Waals surface area contributed by atoms with E-state index >= 15 is 0 Å². The summed E-state index contributed by atoms with van der Waals surface area (Å²) in [7, 11) is 0. The number of hydrogen-bond donors (Lipinski definition) is 1. The Hall–Kier alpha value is -0.900. The highest BCUT2D eigenvalue weighted by molar-refractivity contribution is 4.92. The van der Waals surface area contributed by atoms with Gasteiger partial charge in [0.05, 0.1) is 0 Å². The Balaban J connectivity index is 1.79. The smallest absolute Gasteiger partial charge is 0.226 e. The fourth-order valence-electron chi connectivity index (χ4n) is 2.10. The van der Waals surface area contributed by atoms with Crippen molar-refractivity contribution in [1.82, 2.24) is 15.5 Å². The average Bonchev–Trinajstić information content (AvgIpc) is 2.76. The van der Waals surface area contributed by atoms with Crippen LogP contribution in [0.4, 0.5) is 0 Å². The van der Waals surface area contributed by atoms with Gasteiger partial charge in [0.1, 0.15) is 0 Å². The molecular weight excluding hydrogens is 202 g/mol. The normalized spacial score (nSPS) is 18.2. The van der Waals surface area contributed by atoms with Crippen LogP contribution in [0.2, 0.25) is 0 Å². The Morgan fingerprint density at radius 2 is 2.12 bits per heavy atom. The van der Waals surface area contributed by atoms with Gasteiger partial charge in [-0.15, -0.1) is 0 Å². The number of aryl methyl sites for hydroxylation is 1. The molecule has 2 rings (SSSR count). The third kappa shape index (κ3) is 3.04. The molecule has 1 aliphatic heterocycles. The molecule has 16 heavy (non-hydrogen) atoms. The minimum absolute atomic E-state index is 0.358. The van der Waals surface area contributed by atoms with Gasteiger partial charge in [-0.1, -0.05) is 19.0 Å². The van der Waals surface area contributed by atoms with Crippen molar-refractivity contribution >= 4 is 0 Å². The molecule has 0 bridgehead atoms. The molecule has 1 aromatic heterocycles. The van der Waals surface area contributed by atoms with Crippen molar-refractivity contribution in [2.24, 2.45) is 5.92 Å². The van der Waals surface area contributed by atoms with Crippen LogP contribution >= 0.6 is 0 Å². The molecule has 0 unspecified atom stereocenters. The fourth-order valence-corrected chi connectivity index (χ4v) is 2.10. The number of aromatic nitrogens is 2. The lowest BCUT2D eigenvalue weighted by atomic mass is 9.93. The summed E-state index contributed by atoms with van der Waals surface area (Å²) in [6.07, 6.45) is 4.68. The lowest BCUT2D eigenvalue weighted by Gasteiger charge is -2.21. The SMILES string of the molecule is CC(C)c1noc(CCC2CCNCC2)n1. The predicted molar refractivity (Wildman–Crippen MR) is 62.3 cm³/mol. The van der Waals surface area contributed by atoms with E-state index in [1.54, 1.807) is 0 Å². The zero-order chi connectivity index (χ0) is 11.4. The quantitative estimate of drug-likeness (QED) is 0.849. The molecule has 0 amide bonds. The molecule has 1 aliphatic rings. The maximum absolute atomic E-state index is 5.24. The van der Waals surface area contributed by atoms with E-state index in [2.05, 4.69) is 29.3 Å². The summed E-state index contributed by atoms with van der Waals surface area (Å²) < 4.78 is 5.24. The van der Waals surface area contributed by atoms with Gasteiger partial charge in [0.2, 0.25) is 5.89 Å². The van der Waals surface area contributed by atoms with Crippen LogP contribution in [0.1, 0.15) is 50.7 Å². The van der Waals surface area contributed by atoms with Crippen LogP contribution < -0.4 is 5.32 Å². The van der Waals surface area contributed by atoms with Crippen LogP contribution in [0, 0.1) is 5.92 Å². The first-order valence-corrected chi connectivity index (χ1v) is 6.29. The molecule has 1 saturated heterocycles. The van der Waals surface area contributed by atoms with Gasteiger partial charge in [0, 0.05) is 12.3 Å². The summed E-state index contributed by atoms with van der Waals surface area (Å²) >= 11 is 0. The molecule has 1 fully saturated rings. The number of rotatable bonds is 4. The van der Waals surface area contributed by atoms with Crippen LogP contribution in [-0.4, -0.2) is 23.2 Å². The summed E-state index contributed by atoms with van der Waals surface area (Å²) in [5, 5.41) is 7.36. The summed E-state index contributed by atoms with van der Waals surface area (Å²) in [6.45, 7) is 6.49. The van der Waals surface area contributed by atoms with E-state index in [9.17, 15) is 0 Å². The largest absolute Gasteiger partial charge is 0.339 e. The molecule has 0 spiro atoms. The maximum atomic E-state index is 5.24. The summed E-state index contributed by atoms with van der Waals surface area (Å²) in [5.74, 6) is 2.83. The first kappa shape index (κ1) is 11.6. The molecule has 0 saturated carbocycles. The van der Waals surface area contributed by atoms with Crippen molar-refractivity contribution in [1.29, 1.82) is 0 Å². The first-order valence-electron chi connectivity index (χ1n) is 6.29. The van der Waals surface area contributed by atoms with E-state index in [0.29, 0.717) is 5.92 Å². The van der Waals surface area contributed by atoms with Crippen molar-refractivity contribution in [2.45, 2.75) is 45.4 Å². The van der Waals surface area contributed by atoms with Crippen molar-refractivity contribution < 1.29 is 4.52 Å². The van der Waals surface area contributed by atoms with Crippen LogP contribution in [0.15, 0.2) is 4.52 Å². The van der Waals surface area contributed by atoms with Gasteiger partial charge >= 0.3 is 0 Å². The number of nitrogens with zero attached hydrogens (tertiary/aromatic N) is 2. The number of hydrogen-bond acceptors (Lipinski definition) is 4. The van der Waals surface area contributed by atoms with E-state index in [1.165, 1.54) is 19.3 Å². The molecule has 4 heteroatoms. The third-order valence-electron chi connectivity index (χ3n) is 3.23. The van der Waals surface area contributed by atoms with E-state index in [1.807, 2.05) is 0 Å². The minimum atomic E-state index is 0.358. The highest BCUT2D eigenvalue weighted by Crippen LogP contribution is 2.19. The average molecular weight is 223 g/mol. The molecule has 4 nitrogen and oxygen atoms in total. The van der Waals surface area contributed by atoms with Crippen LogP contribution in [-0.2, 0) is 6.42 Å².